The zero-order valence-corrected chi connectivity index (χ0v) is 20.3. The second-order valence-corrected chi connectivity index (χ2v) is 9.56. The highest BCUT2D eigenvalue weighted by molar-refractivity contribution is 5.97. The van der Waals surface area contributed by atoms with Crippen molar-refractivity contribution in [3.63, 3.8) is 0 Å². The molecule has 9 nitrogen and oxygen atoms in total. The van der Waals surface area contributed by atoms with E-state index >= 15 is 0 Å². The summed E-state index contributed by atoms with van der Waals surface area (Å²) in [5, 5.41) is 15.2. The van der Waals surface area contributed by atoms with Gasteiger partial charge in [-0.2, -0.15) is 0 Å². The van der Waals surface area contributed by atoms with Crippen molar-refractivity contribution < 1.29 is 24.2 Å². The number of carbonyl (C=O) groups is 3. The SMILES string of the molecule is NCc1cccc(NC(=O)[C@H](NC(=O)OCc2ccccc2)C2CCN(C(=O)C3CC(O)C3)CC2)c1. The monoisotopic (exact) mass is 494 g/mol. The molecule has 2 aromatic carbocycles. The first-order valence-electron chi connectivity index (χ1n) is 12.5. The molecule has 5 N–H and O–H groups in total. The standard InChI is InChI=1S/C27H34N4O5/c28-16-19-7-4-8-22(13-19)29-25(33)24(30-27(35)36-17-18-5-2-1-3-6-18)20-9-11-31(12-10-20)26(34)21-14-23(32)15-21/h1-8,13,20-21,23-24,32H,9-12,14-17,28H2,(H,29,33)(H,30,35)/t21?,23?,24-/m1/s1. The molecule has 0 radical (unpaired) electrons. The largest absolute Gasteiger partial charge is 0.445 e. The van der Waals surface area contributed by atoms with E-state index in [4.69, 9.17) is 10.5 Å². The van der Waals surface area contributed by atoms with Crippen LogP contribution < -0.4 is 16.4 Å². The van der Waals surface area contributed by atoms with Crippen LogP contribution in [0, 0.1) is 11.8 Å². The molecule has 1 aliphatic heterocycles. The van der Waals surface area contributed by atoms with Gasteiger partial charge >= 0.3 is 6.09 Å². The highest BCUT2D eigenvalue weighted by atomic mass is 16.5. The lowest BCUT2D eigenvalue weighted by atomic mass is 9.80. The van der Waals surface area contributed by atoms with E-state index in [0.29, 0.717) is 51.0 Å². The second kappa shape index (κ2) is 12.0. The molecule has 1 heterocycles. The van der Waals surface area contributed by atoms with Gasteiger partial charge in [0, 0.05) is 31.2 Å². The van der Waals surface area contributed by atoms with Crippen LogP contribution in [0.4, 0.5) is 10.5 Å². The number of nitrogens with two attached hydrogens (primary N) is 1. The molecule has 3 amide bonds. The number of hydrogen-bond acceptors (Lipinski definition) is 6. The number of likely N-dealkylation sites (tertiary alicyclic amines) is 1. The van der Waals surface area contributed by atoms with Crippen LogP contribution in [0.15, 0.2) is 54.6 Å². The smallest absolute Gasteiger partial charge is 0.408 e. The Hall–Kier alpha value is -3.43. The summed E-state index contributed by atoms with van der Waals surface area (Å²) >= 11 is 0. The van der Waals surface area contributed by atoms with Gasteiger partial charge in [-0.1, -0.05) is 42.5 Å². The number of aliphatic hydroxyl groups excluding tert-OH is 1. The fourth-order valence-corrected chi connectivity index (χ4v) is 4.79. The third-order valence-corrected chi connectivity index (χ3v) is 6.98. The highest BCUT2D eigenvalue weighted by Crippen LogP contribution is 2.31. The quantitative estimate of drug-likeness (QED) is 0.445. The van der Waals surface area contributed by atoms with Crippen molar-refractivity contribution in [3.05, 3.63) is 65.7 Å². The number of ether oxygens (including phenoxy) is 1. The van der Waals surface area contributed by atoms with Crippen molar-refractivity contribution >= 4 is 23.6 Å². The van der Waals surface area contributed by atoms with Gasteiger partial charge in [0.05, 0.1) is 6.10 Å². The molecule has 2 aromatic rings. The second-order valence-electron chi connectivity index (χ2n) is 9.56. The van der Waals surface area contributed by atoms with Crippen molar-refractivity contribution in [3.8, 4) is 0 Å². The van der Waals surface area contributed by atoms with Gasteiger partial charge in [-0.3, -0.25) is 9.59 Å². The third kappa shape index (κ3) is 6.61. The average molecular weight is 495 g/mol. The third-order valence-electron chi connectivity index (χ3n) is 6.98. The van der Waals surface area contributed by atoms with E-state index in [1.165, 1.54) is 0 Å². The predicted molar refractivity (Wildman–Crippen MR) is 135 cm³/mol. The van der Waals surface area contributed by atoms with Crippen LogP contribution in [0.1, 0.15) is 36.8 Å². The van der Waals surface area contributed by atoms with Crippen LogP contribution in [0.2, 0.25) is 0 Å². The fraction of sp³-hybridized carbons (Fsp3) is 0.444. The summed E-state index contributed by atoms with van der Waals surface area (Å²) in [5.74, 6) is -0.555. The summed E-state index contributed by atoms with van der Waals surface area (Å²) in [6.07, 6.45) is 1.12. The first-order valence-corrected chi connectivity index (χ1v) is 12.5. The highest BCUT2D eigenvalue weighted by Gasteiger charge is 2.39. The van der Waals surface area contributed by atoms with Crippen molar-refractivity contribution in [2.45, 2.75) is 51.0 Å². The summed E-state index contributed by atoms with van der Waals surface area (Å²) in [6.45, 7) is 1.45. The maximum absolute atomic E-state index is 13.3. The topological polar surface area (TPSA) is 134 Å². The molecule has 1 atom stereocenters. The van der Waals surface area contributed by atoms with Gasteiger partial charge in [-0.25, -0.2) is 4.79 Å². The molecule has 0 aromatic heterocycles. The molecule has 0 unspecified atom stereocenters. The van der Waals surface area contributed by atoms with Gasteiger partial charge in [-0.05, 0) is 54.9 Å². The molecule has 2 aliphatic rings. The number of rotatable bonds is 8. The number of anilines is 1. The average Bonchev–Trinajstić information content (AvgIpc) is 2.89. The van der Waals surface area contributed by atoms with Gasteiger partial charge in [0.25, 0.3) is 0 Å². The number of hydrogen-bond donors (Lipinski definition) is 4. The van der Waals surface area contributed by atoms with Crippen molar-refractivity contribution in [2.24, 2.45) is 17.6 Å². The summed E-state index contributed by atoms with van der Waals surface area (Å²) in [4.78, 5) is 40.4. The molecule has 9 heteroatoms. The minimum absolute atomic E-state index is 0.0635. The van der Waals surface area contributed by atoms with Gasteiger partial charge in [0.1, 0.15) is 12.6 Å². The van der Waals surface area contributed by atoms with E-state index in [-0.39, 0.29) is 36.4 Å². The summed E-state index contributed by atoms with van der Waals surface area (Å²) in [6, 6.07) is 15.8. The van der Waals surface area contributed by atoms with Crippen LogP contribution in [-0.4, -0.2) is 53.1 Å². The van der Waals surface area contributed by atoms with E-state index in [0.717, 1.165) is 11.1 Å². The summed E-state index contributed by atoms with van der Waals surface area (Å²) in [5.41, 5.74) is 8.05. The van der Waals surface area contributed by atoms with Crippen LogP contribution >= 0.6 is 0 Å². The van der Waals surface area contributed by atoms with E-state index < -0.39 is 12.1 Å². The molecular weight excluding hydrogens is 460 g/mol. The van der Waals surface area contributed by atoms with Gasteiger partial charge in [0.2, 0.25) is 11.8 Å². The Kier molecular flexibility index (Phi) is 8.56. The van der Waals surface area contributed by atoms with E-state index in [9.17, 15) is 19.5 Å². The minimum atomic E-state index is -0.822. The number of piperidine rings is 1. The lowest BCUT2D eigenvalue weighted by molar-refractivity contribution is -0.144. The Morgan fingerprint density at radius 1 is 1.03 bits per heavy atom. The first kappa shape index (κ1) is 25.7. The lowest BCUT2D eigenvalue weighted by Gasteiger charge is -2.39. The number of nitrogens with one attached hydrogen (secondary N) is 2. The van der Waals surface area contributed by atoms with Crippen LogP contribution in [0.5, 0.6) is 0 Å². The number of amides is 3. The van der Waals surface area contributed by atoms with E-state index in [1.54, 1.807) is 17.0 Å². The lowest BCUT2D eigenvalue weighted by Crippen LogP contribution is -2.53. The normalized spacial score (nSPS) is 20.7. The number of alkyl carbamates (subject to hydrolysis) is 1. The Morgan fingerprint density at radius 2 is 1.72 bits per heavy atom. The van der Waals surface area contributed by atoms with Crippen LogP contribution in [0.25, 0.3) is 0 Å². The van der Waals surface area contributed by atoms with E-state index in [1.807, 2.05) is 42.5 Å². The molecule has 1 saturated carbocycles. The van der Waals surface area contributed by atoms with E-state index in [2.05, 4.69) is 10.6 Å². The molecule has 36 heavy (non-hydrogen) atoms. The minimum Gasteiger partial charge on any atom is -0.445 e. The van der Waals surface area contributed by atoms with Gasteiger partial charge < -0.3 is 31.1 Å². The Balaban J connectivity index is 1.39. The number of carbonyl (C=O) groups excluding carboxylic acids is 3. The Morgan fingerprint density at radius 3 is 2.39 bits per heavy atom. The Labute approximate surface area is 211 Å². The predicted octanol–water partition coefficient (Wildman–Crippen LogP) is 2.39. The molecule has 1 saturated heterocycles. The number of benzene rings is 2. The molecule has 0 bridgehead atoms. The number of aliphatic hydroxyl groups is 1. The summed E-state index contributed by atoms with van der Waals surface area (Å²) in [7, 11) is 0. The van der Waals surface area contributed by atoms with Crippen molar-refractivity contribution in [1.82, 2.24) is 10.2 Å². The number of nitrogens with zero attached hydrogens (tertiary/aromatic N) is 1. The molecule has 192 valence electrons. The van der Waals surface area contributed by atoms with Crippen molar-refractivity contribution in [1.29, 1.82) is 0 Å². The molecule has 1 aliphatic carbocycles. The maximum Gasteiger partial charge on any atom is 0.408 e. The zero-order valence-electron chi connectivity index (χ0n) is 20.3. The molecule has 2 fully saturated rings. The summed E-state index contributed by atoms with van der Waals surface area (Å²) < 4.78 is 5.37. The first-order chi connectivity index (χ1) is 17.4. The van der Waals surface area contributed by atoms with Gasteiger partial charge in [0.15, 0.2) is 0 Å². The van der Waals surface area contributed by atoms with Crippen LogP contribution in [-0.2, 0) is 27.5 Å². The van der Waals surface area contributed by atoms with Crippen LogP contribution in [0.3, 0.4) is 0 Å². The zero-order chi connectivity index (χ0) is 25.5. The maximum atomic E-state index is 13.3. The Bertz CT molecular complexity index is 1050. The molecular formula is C27H34N4O5. The van der Waals surface area contributed by atoms with Gasteiger partial charge in [-0.15, -0.1) is 0 Å². The molecule has 0 spiro atoms. The van der Waals surface area contributed by atoms with Crippen molar-refractivity contribution in [2.75, 3.05) is 18.4 Å². The fourth-order valence-electron chi connectivity index (χ4n) is 4.79. The molecule has 4 rings (SSSR count).